The van der Waals surface area contributed by atoms with E-state index < -0.39 is 95.8 Å². The first-order valence-electron chi connectivity index (χ1n) is 21.7. The number of hydrogen-bond donors (Lipinski definition) is 5. The van der Waals surface area contributed by atoms with Crippen molar-refractivity contribution in [2.75, 3.05) is 19.8 Å². The van der Waals surface area contributed by atoms with Crippen molar-refractivity contribution in [3.05, 3.63) is 41.7 Å². The van der Waals surface area contributed by atoms with Crippen molar-refractivity contribution in [2.45, 2.75) is 179 Å². The lowest BCUT2D eigenvalue weighted by atomic mass is 9.62. The molecule has 2 bridgehead atoms. The predicted molar refractivity (Wildman–Crippen MR) is 218 cm³/mol. The van der Waals surface area contributed by atoms with Crippen LogP contribution < -0.4 is 10.6 Å². The van der Waals surface area contributed by atoms with Crippen molar-refractivity contribution < 1.29 is 63.0 Å². The number of rotatable bonds is 23. The SMILES string of the molecule is CCCCCC1(CCCCC)O[C@@H]2[C@H](O1)[C@H]1ON(Cc3cccc(C=COCCO)c3)[C@H]3C(=O)O[C@@H]2C[C@@]13C(=O)N[C@@H](C(=O)N[C@H](CO)CCC(=O)OC(C)(C)C)[C@H](C)O. The molecule has 3 heterocycles. The number of carbonyl (C=O) groups is 4. The van der Waals surface area contributed by atoms with E-state index in [1.165, 1.54) is 18.2 Å². The molecule has 1 aromatic carbocycles. The number of hydroxylamine groups is 2. The average Bonchev–Trinajstić information content (AvgIpc) is 3.75. The first kappa shape index (κ1) is 47.4. The third-order valence-electron chi connectivity index (χ3n) is 11.6. The first-order chi connectivity index (χ1) is 28.6. The molecule has 0 radical (unpaired) electrons. The van der Waals surface area contributed by atoms with Gasteiger partial charge in [-0.15, -0.1) is 0 Å². The Morgan fingerprint density at radius 1 is 1.03 bits per heavy atom. The van der Waals surface area contributed by atoms with Crippen molar-refractivity contribution >= 4 is 29.8 Å². The fourth-order valence-electron chi connectivity index (χ4n) is 8.78. The van der Waals surface area contributed by atoms with Gasteiger partial charge in [0, 0.05) is 25.7 Å². The molecule has 4 fully saturated rings. The van der Waals surface area contributed by atoms with E-state index >= 15 is 4.79 Å². The molecule has 9 atom stereocenters. The zero-order chi connectivity index (χ0) is 43.7. The summed E-state index contributed by atoms with van der Waals surface area (Å²) >= 11 is 0. The minimum absolute atomic E-state index is 0.00914. The summed E-state index contributed by atoms with van der Waals surface area (Å²) in [6.45, 7) is 10.4. The number of amides is 2. The van der Waals surface area contributed by atoms with E-state index in [0.717, 1.165) is 49.7 Å². The molecule has 4 aliphatic rings. The monoisotopic (exact) mass is 845 g/mol. The summed E-state index contributed by atoms with van der Waals surface area (Å²) in [5.41, 5.74) is -0.809. The predicted octanol–water partition coefficient (Wildman–Crippen LogP) is 3.57. The van der Waals surface area contributed by atoms with Crippen LogP contribution in [0.1, 0.15) is 123 Å². The number of fused-ring (bicyclic) bond motifs is 4. The van der Waals surface area contributed by atoms with Crippen LogP contribution in [0.3, 0.4) is 0 Å². The third-order valence-corrected chi connectivity index (χ3v) is 11.6. The van der Waals surface area contributed by atoms with Gasteiger partial charge in [0.2, 0.25) is 11.8 Å². The second-order valence-electron chi connectivity index (χ2n) is 17.6. The lowest BCUT2D eigenvalue weighted by Gasteiger charge is -2.49. The molecule has 60 heavy (non-hydrogen) atoms. The highest BCUT2D eigenvalue weighted by Crippen LogP contribution is 2.58. The van der Waals surface area contributed by atoms with Gasteiger partial charge < -0.3 is 49.6 Å². The Labute approximate surface area is 353 Å². The number of ether oxygens (including phenoxy) is 5. The minimum atomic E-state index is -1.64. The number of aliphatic hydroxyl groups is 3. The molecular weight excluding hydrogens is 778 g/mol. The molecule has 1 aliphatic carbocycles. The van der Waals surface area contributed by atoms with Crippen LogP contribution in [-0.4, -0.2) is 124 Å². The smallest absolute Gasteiger partial charge is 0.327 e. The minimum Gasteiger partial charge on any atom is -0.499 e. The van der Waals surface area contributed by atoms with Gasteiger partial charge in [-0.25, -0.2) is 0 Å². The van der Waals surface area contributed by atoms with Gasteiger partial charge in [-0.05, 0) is 64.2 Å². The van der Waals surface area contributed by atoms with Crippen molar-refractivity contribution in [3.63, 3.8) is 0 Å². The number of benzene rings is 1. The van der Waals surface area contributed by atoms with Crippen LogP contribution in [-0.2, 0) is 54.2 Å². The van der Waals surface area contributed by atoms with Crippen LogP contribution in [0.2, 0.25) is 0 Å². The topological polar surface area (TPSA) is 212 Å². The Hall–Kier alpha value is -3.64. The van der Waals surface area contributed by atoms with Gasteiger partial charge in [0.15, 0.2) is 11.8 Å². The quantitative estimate of drug-likeness (QED) is 0.0606. The first-order valence-corrected chi connectivity index (χ1v) is 21.7. The van der Waals surface area contributed by atoms with Crippen LogP contribution in [0.25, 0.3) is 6.08 Å². The molecule has 5 N–H and O–H groups in total. The Morgan fingerprint density at radius 2 is 1.73 bits per heavy atom. The standard InChI is InChI=1S/C44H67N3O13/c1-7-9-11-19-43(20-12-10-8-2)58-35-32-25-44(41(54)46-34(28(3)50)39(52)45-31(27-49)16-17-33(51)57-42(4,5)6)37(40(53)56-32)47(60-38(44)36(35)59-43)26-30-15-13-14-29(24-30)18-22-55-23-21-48/h13-15,18,22,24,28,31-32,34-38,48-50H,7-12,16-17,19-21,23,25-27H2,1-6H3,(H,45,52)(H,46,54)/t28-,31-,32+,34+,35-,36-,37-,38+,44-/m0/s1. The summed E-state index contributed by atoms with van der Waals surface area (Å²) < 4.78 is 30.6. The van der Waals surface area contributed by atoms with E-state index in [1.54, 1.807) is 26.8 Å². The van der Waals surface area contributed by atoms with Gasteiger partial charge in [0.25, 0.3) is 0 Å². The van der Waals surface area contributed by atoms with Gasteiger partial charge in [-0.2, -0.15) is 5.06 Å². The maximum Gasteiger partial charge on any atom is 0.327 e. The molecule has 0 spiro atoms. The summed E-state index contributed by atoms with van der Waals surface area (Å²) in [6, 6.07) is 3.79. The number of nitrogens with zero attached hydrogens (tertiary/aromatic N) is 1. The summed E-state index contributed by atoms with van der Waals surface area (Å²) in [7, 11) is 0. The van der Waals surface area contributed by atoms with E-state index in [1.807, 2.05) is 24.3 Å². The molecule has 16 nitrogen and oxygen atoms in total. The lowest BCUT2D eigenvalue weighted by molar-refractivity contribution is -0.224. The zero-order valence-electron chi connectivity index (χ0n) is 36.1. The zero-order valence-corrected chi connectivity index (χ0v) is 36.1. The summed E-state index contributed by atoms with van der Waals surface area (Å²) in [6.07, 6.45) is 5.23. The summed E-state index contributed by atoms with van der Waals surface area (Å²) in [5, 5.41) is 37.0. The summed E-state index contributed by atoms with van der Waals surface area (Å²) in [5.74, 6) is -3.66. The third kappa shape index (κ3) is 11.2. The van der Waals surface area contributed by atoms with Crippen molar-refractivity contribution in [2.24, 2.45) is 5.41 Å². The molecule has 0 aromatic heterocycles. The van der Waals surface area contributed by atoms with E-state index in [4.69, 9.17) is 33.6 Å². The average molecular weight is 846 g/mol. The van der Waals surface area contributed by atoms with E-state index in [0.29, 0.717) is 12.8 Å². The van der Waals surface area contributed by atoms with Crippen molar-refractivity contribution in [1.29, 1.82) is 0 Å². The van der Waals surface area contributed by atoms with Gasteiger partial charge in [-0.1, -0.05) is 63.8 Å². The normalized spacial score (nSPS) is 27.1. The van der Waals surface area contributed by atoms with Gasteiger partial charge in [-0.3, -0.25) is 24.0 Å². The Kier molecular flexibility index (Phi) is 16.6. The lowest BCUT2D eigenvalue weighted by Crippen LogP contribution is -2.71. The van der Waals surface area contributed by atoms with Gasteiger partial charge >= 0.3 is 11.9 Å². The highest BCUT2D eigenvalue weighted by atomic mass is 16.8. The van der Waals surface area contributed by atoms with Gasteiger partial charge in [0.1, 0.15) is 48.1 Å². The number of nitrogens with one attached hydrogen (secondary N) is 2. The molecule has 5 rings (SSSR count). The van der Waals surface area contributed by atoms with Crippen molar-refractivity contribution in [3.8, 4) is 0 Å². The maximum absolute atomic E-state index is 15.1. The van der Waals surface area contributed by atoms with Crippen LogP contribution >= 0.6 is 0 Å². The number of aliphatic hydroxyl groups excluding tert-OH is 3. The molecule has 1 aromatic rings. The molecule has 336 valence electrons. The number of carbonyl (C=O) groups excluding carboxylic acids is 4. The van der Waals surface area contributed by atoms with E-state index in [-0.39, 0.29) is 39.0 Å². The molecule has 3 aliphatic heterocycles. The highest BCUT2D eigenvalue weighted by Gasteiger charge is 2.76. The fraction of sp³-hybridized carbons (Fsp3) is 0.727. The van der Waals surface area contributed by atoms with Crippen LogP contribution in [0.15, 0.2) is 30.5 Å². The second kappa shape index (κ2) is 21.0. The van der Waals surface area contributed by atoms with Crippen LogP contribution in [0, 0.1) is 5.41 Å². The molecular formula is C44H67N3O13. The molecule has 3 saturated heterocycles. The maximum atomic E-state index is 15.1. The molecule has 2 amide bonds. The summed E-state index contributed by atoms with van der Waals surface area (Å²) in [4.78, 5) is 62.3. The number of hydrogen-bond acceptors (Lipinski definition) is 14. The van der Waals surface area contributed by atoms with E-state index in [2.05, 4.69) is 24.5 Å². The molecule has 0 unspecified atom stereocenters. The Bertz CT molecular complexity index is 1640. The number of esters is 2. The van der Waals surface area contributed by atoms with Crippen LogP contribution in [0.4, 0.5) is 0 Å². The van der Waals surface area contributed by atoms with E-state index in [9.17, 15) is 24.6 Å². The largest absolute Gasteiger partial charge is 0.499 e. The van der Waals surface area contributed by atoms with Gasteiger partial charge in [0.05, 0.1) is 38.2 Å². The number of unbranched alkanes of at least 4 members (excludes halogenated alkanes) is 4. The Morgan fingerprint density at radius 3 is 2.37 bits per heavy atom. The Balaban J connectivity index is 1.46. The molecule has 16 heteroatoms. The van der Waals surface area contributed by atoms with Crippen molar-refractivity contribution in [1.82, 2.24) is 15.7 Å². The second-order valence-corrected chi connectivity index (χ2v) is 17.6. The fourth-order valence-corrected chi connectivity index (χ4v) is 8.78. The highest BCUT2D eigenvalue weighted by molar-refractivity contribution is 5.96. The van der Waals surface area contributed by atoms with Crippen LogP contribution in [0.5, 0.6) is 0 Å². The molecule has 1 saturated carbocycles.